The lowest BCUT2D eigenvalue weighted by atomic mass is 9.45. The van der Waals surface area contributed by atoms with E-state index in [1.807, 2.05) is 11.3 Å². The Labute approximate surface area is 305 Å². The molecule has 0 spiro atoms. The number of thiophene rings is 1. The predicted octanol–water partition coefficient (Wildman–Crippen LogP) is 11.2. The normalized spacial score (nSPS) is 12.6. The maximum atomic E-state index is 5.58. The summed E-state index contributed by atoms with van der Waals surface area (Å²) in [4.78, 5) is 13.5. The summed E-state index contributed by atoms with van der Waals surface area (Å²) in [5.74, 6) is 0.692. The third-order valence-electron chi connectivity index (χ3n) is 10.8. The molecule has 8 aromatic carbocycles. The number of benzene rings is 8. The first-order chi connectivity index (χ1) is 25.7. The zero-order valence-electron chi connectivity index (χ0n) is 28.4. The molecule has 11 rings (SSSR count). The molecule has 242 valence electrons. The summed E-state index contributed by atoms with van der Waals surface area (Å²) < 4.78 is 2.58. The van der Waals surface area contributed by atoms with Crippen LogP contribution in [-0.2, 0) is 0 Å². The van der Waals surface area contributed by atoms with Gasteiger partial charge in [0, 0.05) is 32.0 Å². The van der Waals surface area contributed by atoms with E-state index >= 15 is 0 Å². The highest BCUT2D eigenvalue weighted by Gasteiger charge is 2.42. The number of hydrogen-bond donors (Lipinski definition) is 0. The molecule has 0 aliphatic carbocycles. The van der Waals surface area contributed by atoms with Gasteiger partial charge in [-0.2, -0.15) is 0 Å². The van der Waals surface area contributed by atoms with E-state index in [9.17, 15) is 0 Å². The van der Waals surface area contributed by atoms with Crippen LogP contribution < -0.4 is 15.7 Å². The summed E-state index contributed by atoms with van der Waals surface area (Å²) in [5.41, 5.74) is 10.4. The van der Waals surface area contributed by atoms with Gasteiger partial charge in [-0.3, -0.25) is 0 Å². The Hall–Kier alpha value is -6.30. The minimum atomic E-state index is -0.186. The van der Waals surface area contributed by atoms with E-state index in [2.05, 4.69) is 176 Å². The summed E-state index contributed by atoms with van der Waals surface area (Å²) in [6.07, 6.45) is 0. The van der Waals surface area contributed by atoms with Crippen molar-refractivity contribution in [3.63, 3.8) is 0 Å². The first-order valence-corrected chi connectivity index (χ1v) is 18.6. The molecular formula is C47H30BN3S. The van der Waals surface area contributed by atoms with Crippen LogP contribution in [-0.4, -0.2) is 16.8 Å². The topological polar surface area (TPSA) is 29.0 Å². The average Bonchev–Trinajstić information content (AvgIpc) is 3.61. The summed E-state index contributed by atoms with van der Waals surface area (Å²) in [7, 11) is 0. The fourth-order valence-electron chi connectivity index (χ4n) is 8.57. The van der Waals surface area contributed by atoms with Crippen molar-refractivity contribution in [3.05, 3.63) is 169 Å². The zero-order valence-corrected chi connectivity index (χ0v) is 29.2. The SMILES string of the molecule is Cc1cccc2c1sc1c3c(c4ccccc4c12)-c1c(ccc2ccccc12)B(c1ccccc1)N3c1nc(-c2ccccc2)c2ccccc2n1. The number of hydrogen-bond acceptors (Lipinski definition) is 4. The largest absolute Gasteiger partial charge is 0.344 e. The van der Waals surface area contributed by atoms with Gasteiger partial charge in [-0.05, 0) is 51.1 Å². The molecule has 0 radical (unpaired) electrons. The van der Waals surface area contributed by atoms with Crippen molar-refractivity contribution < 1.29 is 0 Å². The van der Waals surface area contributed by atoms with Gasteiger partial charge < -0.3 is 4.81 Å². The minimum absolute atomic E-state index is 0.186. The van der Waals surface area contributed by atoms with Crippen LogP contribution in [0.4, 0.5) is 11.6 Å². The van der Waals surface area contributed by atoms with E-state index in [1.165, 1.54) is 75.0 Å². The quantitative estimate of drug-likeness (QED) is 0.174. The van der Waals surface area contributed by atoms with Gasteiger partial charge in [0.05, 0.1) is 21.6 Å². The summed E-state index contributed by atoms with van der Waals surface area (Å²) in [6, 6.07) is 59.1. The second-order valence-corrected chi connectivity index (χ2v) is 14.7. The molecule has 0 fully saturated rings. The van der Waals surface area contributed by atoms with Gasteiger partial charge in [-0.15, -0.1) is 11.3 Å². The molecular weight excluding hydrogens is 649 g/mol. The molecule has 0 saturated heterocycles. The van der Waals surface area contributed by atoms with E-state index in [-0.39, 0.29) is 6.85 Å². The van der Waals surface area contributed by atoms with Crippen LogP contribution in [0, 0.1) is 6.92 Å². The second kappa shape index (κ2) is 11.4. The van der Waals surface area contributed by atoms with Crippen LogP contribution in [0.5, 0.6) is 0 Å². The summed E-state index contributed by atoms with van der Waals surface area (Å²) in [5, 5.41) is 8.63. The van der Waals surface area contributed by atoms with Gasteiger partial charge in [-0.1, -0.05) is 163 Å². The van der Waals surface area contributed by atoms with Gasteiger partial charge in [0.1, 0.15) is 0 Å². The second-order valence-electron chi connectivity index (χ2n) is 13.7. The van der Waals surface area contributed by atoms with E-state index in [0.29, 0.717) is 5.95 Å². The maximum absolute atomic E-state index is 5.58. The molecule has 0 saturated carbocycles. The number of nitrogens with zero attached hydrogens (tertiary/aromatic N) is 3. The Kier molecular flexibility index (Phi) is 6.43. The lowest BCUT2D eigenvalue weighted by Crippen LogP contribution is -2.58. The molecule has 0 bridgehead atoms. The van der Waals surface area contributed by atoms with Gasteiger partial charge in [-0.25, -0.2) is 9.97 Å². The van der Waals surface area contributed by atoms with Gasteiger partial charge in [0.25, 0.3) is 0 Å². The van der Waals surface area contributed by atoms with Crippen molar-refractivity contribution in [3.8, 4) is 22.4 Å². The van der Waals surface area contributed by atoms with E-state index in [1.54, 1.807) is 0 Å². The van der Waals surface area contributed by atoms with Crippen LogP contribution in [0.1, 0.15) is 5.56 Å². The Bertz CT molecular complexity index is 3050. The first-order valence-electron chi connectivity index (χ1n) is 17.8. The highest BCUT2D eigenvalue weighted by molar-refractivity contribution is 7.27. The number of para-hydroxylation sites is 1. The highest BCUT2D eigenvalue weighted by Crippen LogP contribution is 2.54. The Morgan fingerprint density at radius 3 is 2.02 bits per heavy atom. The number of aryl methyl sites for hydroxylation is 1. The lowest BCUT2D eigenvalue weighted by Gasteiger charge is -2.39. The number of anilines is 2. The minimum Gasteiger partial charge on any atom is -0.344 e. The monoisotopic (exact) mass is 679 g/mol. The number of rotatable bonds is 3. The average molecular weight is 680 g/mol. The molecule has 10 aromatic rings. The molecule has 5 heteroatoms. The maximum Gasteiger partial charge on any atom is 0.332 e. The summed E-state index contributed by atoms with van der Waals surface area (Å²) in [6.45, 7) is 2.05. The van der Waals surface area contributed by atoms with Crippen molar-refractivity contribution in [1.29, 1.82) is 0 Å². The molecule has 0 unspecified atom stereocenters. The molecule has 0 N–H and O–H groups in total. The Morgan fingerprint density at radius 1 is 0.519 bits per heavy atom. The van der Waals surface area contributed by atoms with Gasteiger partial charge >= 0.3 is 6.85 Å². The van der Waals surface area contributed by atoms with Crippen LogP contribution in [0.25, 0.3) is 75.0 Å². The van der Waals surface area contributed by atoms with Crippen molar-refractivity contribution in [2.45, 2.75) is 6.92 Å². The molecule has 0 amide bonds. The van der Waals surface area contributed by atoms with Crippen LogP contribution in [0.3, 0.4) is 0 Å². The zero-order chi connectivity index (χ0) is 34.3. The molecule has 52 heavy (non-hydrogen) atoms. The van der Waals surface area contributed by atoms with Crippen molar-refractivity contribution in [2.75, 3.05) is 4.81 Å². The lowest BCUT2D eigenvalue weighted by molar-refractivity contribution is 1.16. The fourth-order valence-corrected chi connectivity index (χ4v) is 9.90. The van der Waals surface area contributed by atoms with E-state index < -0.39 is 0 Å². The first kappa shape index (κ1) is 29.4. The number of fused-ring (bicyclic) bond motifs is 13. The highest BCUT2D eigenvalue weighted by atomic mass is 32.1. The van der Waals surface area contributed by atoms with Crippen LogP contribution >= 0.6 is 11.3 Å². The predicted molar refractivity (Wildman–Crippen MR) is 223 cm³/mol. The summed E-state index contributed by atoms with van der Waals surface area (Å²) >= 11 is 1.90. The molecule has 0 atom stereocenters. The Morgan fingerprint density at radius 2 is 1.19 bits per heavy atom. The molecule has 3 heterocycles. The smallest absolute Gasteiger partial charge is 0.332 e. The van der Waals surface area contributed by atoms with E-state index in [0.717, 1.165) is 22.2 Å². The molecule has 3 nitrogen and oxygen atoms in total. The van der Waals surface area contributed by atoms with E-state index in [4.69, 9.17) is 9.97 Å². The standard InChI is InChI=1S/C47H30BN3S/c1-29-15-14-25-37-40-34-22-10-11-23-35(34)42-41-33-21-9-8-16-30(33)27-28-38(41)48(32-19-6-3-7-20-32)51(44(42)46(40)52-45(29)37)47-49-39-26-13-12-24-36(39)43(50-47)31-17-4-2-5-18-31/h2-28H,1H3. The third-order valence-corrected chi connectivity index (χ3v) is 12.2. The fraction of sp³-hybridized carbons (Fsp3) is 0.0213. The van der Waals surface area contributed by atoms with Crippen LogP contribution in [0.2, 0.25) is 0 Å². The van der Waals surface area contributed by atoms with Crippen LogP contribution in [0.15, 0.2) is 164 Å². The third kappa shape index (κ3) is 4.20. The molecule has 1 aliphatic rings. The van der Waals surface area contributed by atoms with Gasteiger partial charge in [0.15, 0.2) is 0 Å². The number of aromatic nitrogens is 2. The van der Waals surface area contributed by atoms with Gasteiger partial charge in [0.2, 0.25) is 5.95 Å². The molecule has 2 aromatic heterocycles. The Balaban J connectivity index is 1.38. The van der Waals surface area contributed by atoms with Crippen molar-refractivity contribution in [1.82, 2.24) is 9.97 Å². The molecule has 1 aliphatic heterocycles. The van der Waals surface area contributed by atoms with Crippen molar-refractivity contribution >= 4 is 93.4 Å². The van der Waals surface area contributed by atoms with Crippen molar-refractivity contribution in [2.24, 2.45) is 0 Å².